The highest BCUT2D eigenvalue weighted by Gasteiger charge is 2.29. The van der Waals surface area contributed by atoms with Crippen LogP contribution in [-0.4, -0.2) is 33.2 Å². The highest BCUT2D eigenvalue weighted by atomic mass is 35.5. The van der Waals surface area contributed by atoms with Crippen molar-refractivity contribution in [2.75, 3.05) is 0 Å². The van der Waals surface area contributed by atoms with Crippen molar-refractivity contribution in [2.45, 2.75) is 116 Å². The molecule has 9 heteroatoms. The Kier molecular flexibility index (Phi) is 25.9. The summed E-state index contributed by atoms with van der Waals surface area (Å²) in [7, 11) is 0. The van der Waals surface area contributed by atoms with Gasteiger partial charge in [0.15, 0.2) is 5.92 Å². The van der Waals surface area contributed by atoms with E-state index < -0.39 is 23.8 Å². The predicted molar refractivity (Wildman–Crippen MR) is 142 cm³/mol. The summed E-state index contributed by atoms with van der Waals surface area (Å²) in [5.74, 6) is -2.11. The van der Waals surface area contributed by atoms with Gasteiger partial charge in [-0.3, -0.25) is 14.4 Å². The average molecular weight is 534 g/mol. The molecule has 1 rings (SSSR count). The standard InChI is InChI=1S/C18H36O2.C9H7ClO4.FH2N/c1-2-3-4-5-6-7-8-9-10-11-12-13-14-15-16-17-18(19)20;10-6-4-2-1-3-5(6)7(8(11)12)9(13)14;1-2/h2-17H2,1H3,(H,19,20);1-4,7H,(H,11,12)(H,13,14);2H2. The highest BCUT2D eigenvalue weighted by molar-refractivity contribution is 6.32. The van der Waals surface area contributed by atoms with E-state index in [1.165, 1.54) is 95.6 Å². The van der Waals surface area contributed by atoms with Gasteiger partial charge in [-0.15, -0.1) is 4.48 Å². The van der Waals surface area contributed by atoms with E-state index in [0.717, 1.165) is 12.8 Å². The van der Waals surface area contributed by atoms with Crippen molar-refractivity contribution >= 4 is 29.5 Å². The molecule has 0 saturated heterocycles. The van der Waals surface area contributed by atoms with Crippen LogP contribution < -0.4 is 5.96 Å². The molecule has 0 aliphatic rings. The third kappa shape index (κ3) is 21.1. The molecule has 7 nitrogen and oxygen atoms in total. The van der Waals surface area contributed by atoms with Gasteiger partial charge < -0.3 is 15.3 Å². The third-order valence-electron chi connectivity index (χ3n) is 5.70. The summed E-state index contributed by atoms with van der Waals surface area (Å²) in [6, 6.07) is 5.98. The smallest absolute Gasteiger partial charge is 0.322 e. The average Bonchev–Trinajstić information content (AvgIpc) is 2.84. The Labute approximate surface area is 220 Å². The fourth-order valence-electron chi connectivity index (χ4n) is 3.73. The van der Waals surface area contributed by atoms with E-state index in [9.17, 15) is 14.4 Å². The summed E-state index contributed by atoms with van der Waals surface area (Å²) in [5, 5.41) is 26.0. The van der Waals surface area contributed by atoms with Crippen molar-refractivity contribution in [2.24, 2.45) is 5.96 Å². The number of rotatable bonds is 19. The number of aliphatic carboxylic acids is 3. The van der Waals surface area contributed by atoms with E-state index >= 15 is 0 Å². The number of benzene rings is 1. The van der Waals surface area contributed by atoms with Crippen LogP contribution in [0.3, 0.4) is 0 Å². The van der Waals surface area contributed by atoms with E-state index in [-0.39, 0.29) is 10.6 Å². The molecule has 36 heavy (non-hydrogen) atoms. The second kappa shape index (κ2) is 25.9. The summed E-state index contributed by atoms with van der Waals surface area (Å²) >= 11 is 5.68. The molecule has 0 spiro atoms. The van der Waals surface area contributed by atoms with Crippen molar-refractivity contribution in [3.8, 4) is 0 Å². The SMILES string of the molecule is CCCCCCCCCCCCCCCCCC(=O)O.NF.O=C(O)C(C(=O)O)c1ccccc1Cl. The van der Waals surface area contributed by atoms with E-state index in [1.54, 1.807) is 12.1 Å². The topological polar surface area (TPSA) is 138 Å². The largest absolute Gasteiger partial charge is 0.481 e. The van der Waals surface area contributed by atoms with Crippen molar-refractivity contribution in [3.05, 3.63) is 34.9 Å². The summed E-state index contributed by atoms with van der Waals surface area (Å²) in [6.45, 7) is 2.27. The van der Waals surface area contributed by atoms with E-state index in [0.29, 0.717) is 6.42 Å². The number of hydrogen-bond donors (Lipinski definition) is 4. The molecule has 5 N–H and O–H groups in total. The zero-order valence-electron chi connectivity index (χ0n) is 21.6. The second-order valence-corrected chi connectivity index (χ2v) is 9.13. The maximum atomic E-state index is 10.7. The van der Waals surface area contributed by atoms with Crippen LogP contribution in [0.5, 0.6) is 0 Å². The van der Waals surface area contributed by atoms with Crippen LogP contribution in [0.4, 0.5) is 4.48 Å². The van der Waals surface area contributed by atoms with Gasteiger partial charge in [0.1, 0.15) is 0 Å². The Morgan fingerprint density at radius 2 is 1.08 bits per heavy atom. The number of unbranched alkanes of at least 4 members (excludes halogenated alkanes) is 14. The van der Waals surface area contributed by atoms with Crippen molar-refractivity contribution in [3.63, 3.8) is 0 Å². The maximum absolute atomic E-state index is 10.7. The maximum Gasteiger partial charge on any atom is 0.322 e. The molecule has 0 radical (unpaired) electrons. The van der Waals surface area contributed by atoms with E-state index in [4.69, 9.17) is 31.4 Å². The molecule has 0 atom stereocenters. The molecular weight excluding hydrogens is 489 g/mol. The Bertz CT molecular complexity index is 691. The molecule has 0 amide bonds. The quantitative estimate of drug-likeness (QED) is 0.0809. The first-order valence-electron chi connectivity index (χ1n) is 12.9. The van der Waals surface area contributed by atoms with Crippen LogP contribution in [0.2, 0.25) is 5.02 Å². The van der Waals surface area contributed by atoms with E-state index in [2.05, 4.69) is 12.9 Å². The Morgan fingerprint density at radius 3 is 1.42 bits per heavy atom. The third-order valence-corrected chi connectivity index (χ3v) is 6.05. The minimum Gasteiger partial charge on any atom is -0.481 e. The van der Waals surface area contributed by atoms with Gasteiger partial charge in [-0.1, -0.05) is 127 Å². The van der Waals surface area contributed by atoms with Crippen molar-refractivity contribution in [1.29, 1.82) is 0 Å². The molecule has 0 saturated carbocycles. The monoisotopic (exact) mass is 533 g/mol. The van der Waals surface area contributed by atoms with Crippen LogP contribution in [-0.2, 0) is 14.4 Å². The minimum atomic E-state index is -1.61. The molecule has 0 bridgehead atoms. The highest BCUT2D eigenvalue weighted by Crippen LogP contribution is 2.24. The lowest BCUT2D eigenvalue weighted by Crippen LogP contribution is -2.21. The van der Waals surface area contributed by atoms with Crippen LogP contribution in [0, 0.1) is 0 Å². The summed E-state index contributed by atoms with van der Waals surface area (Å²) in [6.07, 6.45) is 20.2. The molecule has 1 aromatic rings. The van der Waals surface area contributed by atoms with Gasteiger partial charge >= 0.3 is 17.9 Å². The fraction of sp³-hybridized carbons (Fsp3) is 0.667. The summed E-state index contributed by atoms with van der Waals surface area (Å²) < 4.78 is 9.00. The lowest BCUT2D eigenvalue weighted by Gasteiger charge is -2.08. The molecule has 0 heterocycles. The van der Waals surface area contributed by atoms with Crippen LogP contribution in [0.1, 0.15) is 121 Å². The Balaban J connectivity index is 0. The molecule has 0 aliphatic heterocycles. The van der Waals surface area contributed by atoms with Crippen LogP contribution in [0.25, 0.3) is 0 Å². The zero-order valence-corrected chi connectivity index (χ0v) is 22.4. The molecule has 0 fully saturated rings. The fourth-order valence-corrected chi connectivity index (χ4v) is 3.97. The Hall–Kier alpha value is -2.19. The first kappa shape index (κ1) is 36.0. The second-order valence-electron chi connectivity index (χ2n) is 8.72. The Morgan fingerprint density at radius 1 is 0.722 bits per heavy atom. The van der Waals surface area contributed by atoms with Gasteiger partial charge in [0.05, 0.1) is 0 Å². The number of hydrogen-bond acceptors (Lipinski definition) is 4. The molecule has 208 valence electrons. The predicted octanol–water partition coefficient (Wildman–Crippen LogP) is 7.75. The van der Waals surface area contributed by atoms with Crippen LogP contribution >= 0.6 is 11.6 Å². The van der Waals surface area contributed by atoms with Crippen LogP contribution in [0.15, 0.2) is 24.3 Å². The lowest BCUT2D eigenvalue weighted by molar-refractivity contribution is -0.150. The molecule has 0 unspecified atom stereocenters. The normalized spacial score (nSPS) is 10.1. The first-order valence-corrected chi connectivity index (χ1v) is 13.3. The molecule has 0 aliphatic carbocycles. The minimum absolute atomic E-state index is 0.0918. The number of carbonyl (C=O) groups is 3. The van der Waals surface area contributed by atoms with E-state index in [1.807, 2.05) is 0 Å². The summed E-state index contributed by atoms with van der Waals surface area (Å²) in [5.41, 5.74) is 0.0918. The number of nitrogens with two attached hydrogens (primary N) is 1. The van der Waals surface area contributed by atoms with Gasteiger partial charge in [0.2, 0.25) is 0 Å². The lowest BCUT2D eigenvalue weighted by atomic mass is 10.00. The number of carboxylic acid groups (broad SMARTS) is 3. The van der Waals surface area contributed by atoms with Crippen molar-refractivity contribution in [1.82, 2.24) is 0 Å². The molecular formula is C27H45ClFNO6. The van der Waals surface area contributed by atoms with Gasteiger partial charge in [-0.25, -0.2) is 0 Å². The molecule has 0 aromatic heterocycles. The molecule has 1 aromatic carbocycles. The van der Waals surface area contributed by atoms with Gasteiger partial charge in [-0.05, 0) is 18.1 Å². The zero-order chi connectivity index (χ0) is 27.6. The van der Waals surface area contributed by atoms with Gasteiger partial charge in [0.25, 0.3) is 0 Å². The number of carboxylic acids is 3. The van der Waals surface area contributed by atoms with Crippen molar-refractivity contribution < 1.29 is 34.2 Å². The summed E-state index contributed by atoms with van der Waals surface area (Å²) in [4.78, 5) is 31.6. The first-order chi connectivity index (χ1) is 17.3. The number of halogens is 2. The van der Waals surface area contributed by atoms with Gasteiger partial charge in [-0.2, -0.15) is 5.96 Å². The van der Waals surface area contributed by atoms with Gasteiger partial charge in [0, 0.05) is 11.4 Å².